The molecule has 2 aromatic heterocycles. The number of amides is 1. The van der Waals surface area contributed by atoms with Gasteiger partial charge in [-0.25, -0.2) is 4.98 Å². The maximum absolute atomic E-state index is 12.8. The summed E-state index contributed by atoms with van der Waals surface area (Å²) >= 11 is 0. The summed E-state index contributed by atoms with van der Waals surface area (Å²) in [4.78, 5) is 21.2. The van der Waals surface area contributed by atoms with E-state index in [1.165, 1.54) is 0 Å². The second kappa shape index (κ2) is 9.34. The lowest BCUT2D eigenvalue weighted by molar-refractivity contribution is 0.102. The van der Waals surface area contributed by atoms with Gasteiger partial charge >= 0.3 is 0 Å². The van der Waals surface area contributed by atoms with Crippen LogP contribution in [-0.2, 0) is 6.54 Å². The average Bonchev–Trinajstić information content (AvgIpc) is 2.80. The Morgan fingerprint density at radius 2 is 1.73 bits per heavy atom. The normalized spacial score (nSPS) is 10.3. The Labute approximate surface area is 174 Å². The molecule has 148 valence electrons. The molecule has 2 heterocycles. The molecule has 0 fully saturated rings. The van der Waals surface area contributed by atoms with E-state index in [-0.39, 0.29) is 5.91 Å². The zero-order chi connectivity index (χ0) is 20.6. The number of rotatable bonds is 7. The fraction of sp³-hybridized carbons (Fsp3) is 0.0417. The van der Waals surface area contributed by atoms with E-state index in [0.717, 1.165) is 5.56 Å². The van der Waals surface area contributed by atoms with Crippen molar-refractivity contribution in [1.82, 2.24) is 9.97 Å². The van der Waals surface area contributed by atoms with Crippen molar-refractivity contribution in [3.63, 3.8) is 0 Å². The van der Waals surface area contributed by atoms with E-state index >= 15 is 0 Å². The summed E-state index contributed by atoms with van der Waals surface area (Å²) in [6, 6.07) is 24.0. The molecule has 6 nitrogen and oxygen atoms in total. The van der Waals surface area contributed by atoms with Gasteiger partial charge in [0.25, 0.3) is 5.91 Å². The smallest absolute Gasteiger partial charge is 0.255 e. The van der Waals surface area contributed by atoms with Crippen molar-refractivity contribution in [3.8, 4) is 11.5 Å². The highest BCUT2D eigenvalue weighted by Gasteiger charge is 2.11. The monoisotopic (exact) mass is 396 g/mol. The molecule has 0 saturated carbocycles. The summed E-state index contributed by atoms with van der Waals surface area (Å²) in [5.41, 5.74) is 2.11. The second-order valence-electron chi connectivity index (χ2n) is 6.51. The van der Waals surface area contributed by atoms with Gasteiger partial charge in [-0.1, -0.05) is 36.4 Å². The molecule has 0 aliphatic carbocycles. The lowest BCUT2D eigenvalue weighted by atomic mass is 10.2. The summed E-state index contributed by atoms with van der Waals surface area (Å²) in [6.45, 7) is 0.569. The molecule has 0 spiro atoms. The predicted molar refractivity (Wildman–Crippen MR) is 117 cm³/mol. The molecule has 0 aliphatic rings. The summed E-state index contributed by atoms with van der Waals surface area (Å²) < 4.78 is 5.91. The second-order valence-corrected chi connectivity index (χ2v) is 6.51. The molecule has 0 atom stereocenters. The van der Waals surface area contributed by atoms with Crippen LogP contribution in [-0.4, -0.2) is 15.9 Å². The Morgan fingerprint density at radius 1 is 0.900 bits per heavy atom. The van der Waals surface area contributed by atoms with E-state index in [1.54, 1.807) is 36.8 Å². The van der Waals surface area contributed by atoms with Gasteiger partial charge < -0.3 is 15.4 Å². The quantitative estimate of drug-likeness (QED) is 0.453. The SMILES string of the molecule is O=C(Nc1ccccc1Oc1ccccc1)c1ccnc(NCc2cccnc2)c1. The molecule has 0 aliphatic heterocycles. The Bertz CT molecular complexity index is 1120. The molecule has 1 amide bonds. The van der Waals surface area contributed by atoms with E-state index in [4.69, 9.17) is 4.74 Å². The molecule has 2 aromatic carbocycles. The Morgan fingerprint density at radius 3 is 2.57 bits per heavy atom. The fourth-order valence-electron chi connectivity index (χ4n) is 2.83. The fourth-order valence-corrected chi connectivity index (χ4v) is 2.83. The van der Waals surface area contributed by atoms with Gasteiger partial charge in [-0.15, -0.1) is 0 Å². The summed E-state index contributed by atoms with van der Waals surface area (Å²) in [6.07, 6.45) is 5.12. The van der Waals surface area contributed by atoms with Crippen molar-refractivity contribution in [1.29, 1.82) is 0 Å². The van der Waals surface area contributed by atoms with Crippen LogP contribution in [0, 0.1) is 0 Å². The molecular weight excluding hydrogens is 376 g/mol. The molecular formula is C24H20N4O2. The first kappa shape index (κ1) is 19.1. The van der Waals surface area contributed by atoms with Crippen LogP contribution < -0.4 is 15.4 Å². The minimum absolute atomic E-state index is 0.245. The highest BCUT2D eigenvalue weighted by Crippen LogP contribution is 2.29. The zero-order valence-electron chi connectivity index (χ0n) is 16.2. The first-order valence-corrected chi connectivity index (χ1v) is 9.50. The maximum Gasteiger partial charge on any atom is 0.255 e. The number of para-hydroxylation sites is 3. The average molecular weight is 396 g/mol. The van der Waals surface area contributed by atoms with Crippen LogP contribution in [0.25, 0.3) is 0 Å². The first-order valence-electron chi connectivity index (χ1n) is 9.50. The Kier molecular flexibility index (Phi) is 5.96. The zero-order valence-corrected chi connectivity index (χ0v) is 16.2. The number of hydrogen-bond acceptors (Lipinski definition) is 5. The summed E-state index contributed by atoms with van der Waals surface area (Å²) in [5.74, 6) is 1.64. The van der Waals surface area contributed by atoms with Gasteiger partial charge in [-0.05, 0) is 48.0 Å². The number of carbonyl (C=O) groups excluding carboxylic acids is 1. The number of aromatic nitrogens is 2. The third kappa shape index (κ3) is 4.99. The maximum atomic E-state index is 12.8. The standard InChI is InChI=1S/C24H20N4O2/c29-24(19-12-14-26-23(15-19)27-17-18-7-6-13-25-16-18)28-21-10-4-5-11-22(21)30-20-8-2-1-3-9-20/h1-16H,17H2,(H,26,27)(H,28,29). The van der Waals surface area contributed by atoms with Gasteiger partial charge in [0.1, 0.15) is 11.6 Å². The van der Waals surface area contributed by atoms with Crippen LogP contribution in [0.1, 0.15) is 15.9 Å². The van der Waals surface area contributed by atoms with Gasteiger partial charge in [0.15, 0.2) is 5.75 Å². The lowest BCUT2D eigenvalue weighted by Crippen LogP contribution is -2.13. The topological polar surface area (TPSA) is 76.1 Å². The lowest BCUT2D eigenvalue weighted by Gasteiger charge is -2.12. The molecule has 0 saturated heterocycles. The van der Waals surface area contributed by atoms with Crippen molar-refractivity contribution in [2.24, 2.45) is 0 Å². The van der Waals surface area contributed by atoms with Gasteiger partial charge in [-0.2, -0.15) is 0 Å². The van der Waals surface area contributed by atoms with Crippen molar-refractivity contribution in [2.45, 2.75) is 6.54 Å². The van der Waals surface area contributed by atoms with Crippen LogP contribution >= 0.6 is 0 Å². The molecule has 2 N–H and O–H groups in total. The number of nitrogens with one attached hydrogen (secondary N) is 2. The number of ether oxygens (including phenoxy) is 1. The summed E-state index contributed by atoms with van der Waals surface area (Å²) in [7, 11) is 0. The van der Waals surface area contributed by atoms with Crippen LogP contribution in [0.2, 0.25) is 0 Å². The highest BCUT2D eigenvalue weighted by molar-refractivity contribution is 6.05. The van der Waals surface area contributed by atoms with Crippen molar-refractivity contribution >= 4 is 17.4 Å². The molecule has 0 unspecified atom stereocenters. The third-order valence-corrected chi connectivity index (χ3v) is 4.32. The largest absolute Gasteiger partial charge is 0.455 e. The van der Waals surface area contributed by atoms with E-state index in [0.29, 0.717) is 35.1 Å². The van der Waals surface area contributed by atoms with Crippen LogP contribution in [0.3, 0.4) is 0 Å². The van der Waals surface area contributed by atoms with Gasteiger partial charge in [0.2, 0.25) is 0 Å². The van der Waals surface area contributed by atoms with Gasteiger partial charge in [0.05, 0.1) is 5.69 Å². The number of nitrogens with zero attached hydrogens (tertiary/aromatic N) is 2. The minimum Gasteiger partial charge on any atom is -0.455 e. The van der Waals surface area contributed by atoms with E-state index in [9.17, 15) is 4.79 Å². The van der Waals surface area contributed by atoms with E-state index in [1.807, 2.05) is 60.7 Å². The Hall–Kier alpha value is -4.19. The molecule has 4 rings (SSSR count). The van der Waals surface area contributed by atoms with Crippen LogP contribution in [0.5, 0.6) is 11.5 Å². The van der Waals surface area contributed by atoms with Crippen LogP contribution in [0.15, 0.2) is 97.5 Å². The number of carbonyl (C=O) groups is 1. The number of pyridine rings is 2. The molecule has 6 heteroatoms. The molecule has 0 radical (unpaired) electrons. The molecule has 30 heavy (non-hydrogen) atoms. The molecule has 0 bridgehead atoms. The Balaban J connectivity index is 1.45. The number of hydrogen-bond donors (Lipinski definition) is 2. The van der Waals surface area contributed by atoms with Gasteiger partial charge in [-0.3, -0.25) is 9.78 Å². The van der Waals surface area contributed by atoms with E-state index in [2.05, 4.69) is 20.6 Å². The highest BCUT2D eigenvalue weighted by atomic mass is 16.5. The number of anilines is 2. The van der Waals surface area contributed by atoms with Gasteiger partial charge in [0, 0.05) is 30.7 Å². The van der Waals surface area contributed by atoms with E-state index < -0.39 is 0 Å². The van der Waals surface area contributed by atoms with Crippen molar-refractivity contribution in [2.75, 3.05) is 10.6 Å². The van der Waals surface area contributed by atoms with Crippen LogP contribution in [0.4, 0.5) is 11.5 Å². The van der Waals surface area contributed by atoms with Crippen molar-refractivity contribution < 1.29 is 9.53 Å². The number of benzene rings is 2. The summed E-state index contributed by atoms with van der Waals surface area (Å²) in [5, 5.41) is 6.13. The molecule has 4 aromatic rings. The predicted octanol–water partition coefficient (Wildman–Crippen LogP) is 5.13. The van der Waals surface area contributed by atoms with Crippen molar-refractivity contribution in [3.05, 3.63) is 109 Å². The minimum atomic E-state index is -0.245. The third-order valence-electron chi connectivity index (χ3n) is 4.32. The first-order chi connectivity index (χ1) is 14.8.